The molecule has 0 aliphatic rings. The van der Waals surface area contributed by atoms with Gasteiger partial charge in [-0.05, 0) is 18.7 Å². The lowest BCUT2D eigenvalue weighted by Crippen LogP contribution is -2.11. The molecule has 0 fully saturated rings. The lowest BCUT2D eigenvalue weighted by atomic mass is 10.4. The predicted octanol–water partition coefficient (Wildman–Crippen LogP) is 2.45. The zero-order valence-corrected chi connectivity index (χ0v) is 8.82. The van der Waals surface area contributed by atoms with Gasteiger partial charge in [0.05, 0.1) is 5.69 Å². The summed E-state index contributed by atoms with van der Waals surface area (Å²) in [7, 11) is 0. The second-order valence-electron chi connectivity index (χ2n) is 2.71. The van der Waals surface area contributed by atoms with Crippen LogP contribution in [0.3, 0.4) is 0 Å². The number of hydrogen-bond acceptors (Lipinski definition) is 4. The van der Waals surface area contributed by atoms with E-state index >= 15 is 0 Å². The van der Waals surface area contributed by atoms with Gasteiger partial charge in [-0.1, -0.05) is 0 Å². The monoisotopic (exact) mass is 237 g/mol. The van der Waals surface area contributed by atoms with Gasteiger partial charge in [0.2, 0.25) is 0 Å². The first-order chi connectivity index (χ1) is 6.99. The van der Waals surface area contributed by atoms with Gasteiger partial charge in [0.25, 0.3) is 0 Å². The highest BCUT2D eigenvalue weighted by Crippen LogP contribution is 2.29. The Bertz CT molecular complexity index is 316. The van der Waals surface area contributed by atoms with Crippen molar-refractivity contribution in [3.05, 3.63) is 18.1 Å². The molecular weight excluding hydrogens is 227 g/mol. The lowest BCUT2D eigenvalue weighted by molar-refractivity contribution is -0.0327. The van der Waals surface area contributed by atoms with Crippen molar-refractivity contribution in [1.82, 2.24) is 9.97 Å². The summed E-state index contributed by atoms with van der Waals surface area (Å²) in [6.45, 7) is 1.95. The fraction of sp³-hybridized carbons (Fsp3) is 0.500. The minimum absolute atomic E-state index is 0.0421. The molecule has 0 bridgehead atoms. The molecule has 0 unspecified atom stereocenters. The van der Waals surface area contributed by atoms with Crippen LogP contribution in [0.25, 0.3) is 0 Å². The van der Waals surface area contributed by atoms with E-state index in [4.69, 9.17) is 0 Å². The number of thioether (sulfide) groups is 1. The average Bonchev–Trinajstić information content (AvgIpc) is 2.13. The zero-order valence-electron chi connectivity index (χ0n) is 8.01. The quantitative estimate of drug-likeness (QED) is 0.816. The Hall–Kier alpha value is -0.980. The Balaban J connectivity index is 2.30. The fourth-order valence-electron chi connectivity index (χ4n) is 0.917. The Morgan fingerprint density at radius 2 is 2.00 bits per heavy atom. The third-order valence-electron chi connectivity index (χ3n) is 1.54. The molecule has 0 aliphatic carbocycles. The maximum atomic E-state index is 11.8. The topological polar surface area (TPSA) is 37.8 Å². The van der Waals surface area contributed by atoms with Crippen molar-refractivity contribution in [2.24, 2.45) is 0 Å². The molecule has 84 valence electrons. The van der Waals surface area contributed by atoms with Gasteiger partial charge in [0.15, 0.2) is 0 Å². The van der Waals surface area contributed by atoms with E-state index in [1.54, 1.807) is 6.92 Å². The minimum atomic E-state index is -4.17. The van der Waals surface area contributed by atoms with Gasteiger partial charge in [-0.25, -0.2) is 4.98 Å². The molecule has 7 heteroatoms. The maximum Gasteiger partial charge on any atom is 0.441 e. The van der Waals surface area contributed by atoms with Crippen LogP contribution in [-0.2, 0) is 0 Å². The number of halogens is 3. The molecule has 0 aliphatic heterocycles. The number of anilines is 1. The summed E-state index contributed by atoms with van der Waals surface area (Å²) in [5.41, 5.74) is -3.49. The van der Waals surface area contributed by atoms with Crippen LogP contribution < -0.4 is 5.32 Å². The van der Waals surface area contributed by atoms with E-state index in [-0.39, 0.29) is 24.1 Å². The Morgan fingerprint density at radius 1 is 1.33 bits per heavy atom. The van der Waals surface area contributed by atoms with Crippen molar-refractivity contribution >= 4 is 17.6 Å². The van der Waals surface area contributed by atoms with Crippen molar-refractivity contribution in [3.8, 4) is 0 Å². The molecular formula is C8H10F3N3S. The predicted molar refractivity (Wildman–Crippen MR) is 53.8 cm³/mol. The summed E-state index contributed by atoms with van der Waals surface area (Å²) in [6.07, 6.45) is 3.03. The number of nitrogens with zero attached hydrogens (tertiary/aromatic N) is 2. The third-order valence-corrected chi connectivity index (χ3v) is 2.28. The summed E-state index contributed by atoms with van der Waals surface area (Å²) in [4.78, 5) is 7.90. The van der Waals surface area contributed by atoms with Crippen molar-refractivity contribution in [2.45, 2.75) is 12.4 Å². The SMILES string of the molecule is Cc1nccnc1NCCSC(F)(F)F. The number of nitrogens with one attached hydrogen (secondary N) is 1. The van der Waals surface area contributed by atoms with Gasteiger partial charge in [-0.2, -0.15) is 13.2 Å². The second-order valence-corrected chi connectivity index (χ2v) is 3.87. The largest absolute Gasteiger partial charge is 0.441 e. The van der Waals surface area contributed by atoms with Crippen molar-refractivity contribution in [2.75, 3.05) is 17.6 Å². The molecule has 15 heavy (non-hydrogen) atoms. The van der Waals surface area contributed by atoms with Crippen molar-refractivity contribution in [1.29, 1.82) is 0 Å². The molecule has 0 spiro atoms. The van der Waals surface area contributed by atoms with E-state index in [1.807, 2.05) is 0 Å². The molecule has 1 aromatic rings. The second kappa shape index (κ2) is 5.20. The number of alkyl halides is 3. The van der Waals surface area contributed by atoms with Crippen LogP contribution in [0.15, 0.2) is 12.4 Å². The lowest BCUT2D eigenvalue weighted by Gasteiger charge is -2.08. The molecule has 0 saturated heterocycles. The highest BCUT2D eigenvalue weighted by Gasteiger charge is 2.27. The molecule has 1 rings (SSSR count). The smallest absolute Gasteiger partial charge is 0.368 e. The van der Waals surface area contributed by atoms with Crippen LogP contribution in [0.2, 0.25) is 0 Å². The molecule has 3 nitrogen and oxygen atoms in total. The summed E-state index contributed by atoms with van der Waals surface area (Å²) < 4.78 is 35.3. The highest BCUT2D eigenvalue weighted by atomic mass is 32.2. The van der Waals surface area contributed by atoms with Crippen LogP contribution in [0.5, 0.6) is 0 Å². The number of rotatable bonds is 4. The van der Waals surface area contributed by atoms with Gasteiger partial charge in [0, 0.05) is 24.7 Å². The van der Waals surface area contributed by atoms with Gasteiger partial charge in [-0.3, -0.25) is 4.98 Å². The maximum absolute atomic E-state index is 11.8. The van der Waals surface area contributed by atoms with Crippen molar-refractivity contribution < 1.29 is 13.2 Å². The van der Waals surface area contributed by atoms with E-state index in [9.17, 15) is 13.2 Å². The summed E-state index contributed by atoms with van der Waals surface area (Å²) >= 11 is -0.0520. The molecule has 0 amide bonds. The Labute approximate surface area is 89.5 Å². The third kappa shape index (κ3) is 4.87. The van der Waals surface area contributed by atoms with Crippen LogP contribution in [-0.4, -0.2) is 27.8 Å². The van der Waals surface area contributed by atoms with Crippen LogP contribution in [0.4, 0.5) is 19.0 Å². The Kier molecular flexibility index (Phi) is 4.19. The highest BCUT2D eigenvalue weighted by molar-refractivity contribution is 8.00. The molecule has 1 heterocycles. The first-order valence-corrected chi connectivity index (χ1v) is 5.20. The van der Waals surface area contributed by atoms with E-state index in [1.165, 1.54) is 12.4 Å². The molecule has 0 saturated carbocycles. The molecule has 1 aromatic heterocycles. The number of aromatic nitrogens is 2. The first kappa shape index (κ1) is 12.1. The zero-order chi connectivity index (χ0) is 11.3. The van der Waals surface area contributed by atoms with Gasteiger partial charge >= 0.3 is 5.51 Å². The van der Waals surface area contributed by atoms with E-state index in [0.29, 0.717) is 11.5 Å². The van der Waals surface area contributed by atoms with Gasteiger partial charge in [0.1, 0.15) is 5.82 Å². The number of aryl methyl sites for hydroxylation is 1. The normalized spacial score (nSPS) is 11.5. The molecule has 0 atom stereocenters. The molecule has 1 N–H and O–H groups in total. The van der Waals surface area contributed by atoms with E-state index in [0.717, 1.165) is 0 Å². The molecule has 0 aromatic carbocycles. The standard InChI is InChI=1S/C8H10F3N3S/c1-6-7(13-3-2-12-6)14-4-5-15-8(9,10)11/h2-3H,4-5H2,1H3,(H,13,14). The Morgan fingerprint density at radius 3 is 2.60 bits per heavy atom. The minimum Gasteiger partial charge on any atom is -0.368 e. The number of hydrogen-bond donors (Lipinski definition) is 1. The van der Waals surface area contributed by atoms with Crippen LogP contribution in [0.1, 0.15) is 5.69 Å². The van der Waals surface area contributed by atoms with E-state index < -0.39 is 5.51 Å². The molecule has 0 radical (unpaired) electrons. The fourth-order valence-corrected chi connectivity index (χ4v) is 1.35. The van der Waals surface area contributed by atoms with Gasteiger partial charge < -0.3 is 5.32 Å². The average molecular weight is 237 g/mol. The van der Waals surface area contributed by atoms with Gasteiger partial charge in [-0.15, -0.1) is 0 Å². The summed E-state index contributed by atoms with van der Waals surface area (Å²) in [5.74, 6) is 0.486. The van der Waals surface area contributed by atoms with Crippen molar-refractivity contribution in [3.63, 3.8) is 0 Å². The van der Waals surface area contributed by atoms with E-state index in [2.05, 4.69) is 15.3 Å². The van der Waals surface area contributed by atoms with Crippen LogP contribution in [0, 0.1) is 6.92 Å². The van der Waals surface area contributed by atoms with Crippen LogP contribution >= 0.6 is 11.8 Å². The first-order valence-electron chi connectivity index (χ1n) is 4.21. The summed E-state index contributed by atoms with van der Waals surface area (Å²) in [5, 5.41) is 2.79. The summed E-state index contributed by atoms with van der Waals surface area (Å²) in [6, 6.07) is 0.